The molecule has 13 heteroatoms. The molecule has 11 nitrogen and oxygen atoms in total. The fourth-order valence-corrected chi connectivity index (χ4v) is 5.59. The molecule has 0 unspecified atom stereocenters. The van der Waals surface area contributed by atoms with E-state index < -0.39 is 32.4 Å². The number of hydrogen-bond donors (Lipinski definition) is 2. The minimum atomic E-state index is -3.79. The van der Waals surface area contributed by atoms with Gasteiger partial charge in [0.15, 0.2) is 9.84 Å². The van der Waals surface area contributed by atoms with Crippen LogP contribution in [0, 0.1) is 5.82 Å². The maximum absolute atomic E-state index is 14.3. The number of rotatable bonds is 8. The Bertz CT molecular complexity index is 1600. The lowest BCUT2D eigenvalue weighted by Crippen LogP contribution is -2.48. The molecule has 0 saturated carbocycles. The summed E-state index contributed by atoms with van der Waals surface area (Å²) in [4.78, 5) is 28.3. The van der Waals surface area contributed by atoms with Crippen molar-refractivity contribution in [1.29, 1.82) is 0 Å². The summed E-state index contributed by atoms with van der Waals surface area (Å²) in [6.07, 6.45) is 5.76. The van der Waals surface area contributed by atoms with Gasteiger partial charge in [-0.15, -0.1) is 0 Å². The Morgan fingerprint density at radius 3 is 2.62 bits per heavy atom. The van der Waals surface area contributed by atoms with Crippen LogP contribution in [0.4, 0.5) is 4.39 Å². The molecule has 4 heterocycles. The summed E-state index contributed by atoms with van der Waals surface area (Å²) in [5.41, 5.74) is 7.50. The molecule has 1 aliphatic rings. The van der Waals surface area contributed by atoms with Crippen LogP contribution >= 0.6 is 0 Å². The minimum absolute atomic E-state index is 0.0163. The Kier molecular flexibility index (Phi) is 7.99. The van der Waals surface area contributed by atoms with Crippen LogP contribution < -0.4 is 15.8 Å². The molecule has 40 heavy (non-hydrogen) atoms. The summed E-state index contributed by atoms with van der Waals surface area (Å²) < 4.78 is 46.7. The van der Waals surface area contributed by atoms with Crippen LogP contribution in [-0.2, 0) is 14.6 Å². The largest absolute Gasteiger partial charge is 0.495 e. The van der Waals surface area contributed by atoms with Gasteiger partial charge in [0.25, 0.3) is 5.91 Å². The number of sulfone groups is 1. The van der Waals surface area contributed by atoms with Gasteiger partial charge in [0, 0.05) is 31.5 Å². The number of carbonyl (C=O) groups is 1. The number of amides is 1. The standard InChI is InChI=1S/C27H34FN7O4S/c1-16(25-18(28)8-7-9-30-25)32-26(36)20(33-17-13-34(5)14-17)10-19(29)21-12-31-24-11-22(39-6)23(15-35(21)24)40(37,38)27(2,3)4/h7-12,15-17H,13-14,29H2,1-6H3,(H,32,36)/b19-10-,33-20?/t16-/m1/s1. The van der Waals surface area contributed by atoms with E-state index in [4.69, 9.17) is 10.5 Å². The van der Waals surface area contributed by atoms with Crippen LogP contribution in [0.1, 0.15) is 45.1 Å². The second-order valence-electron chi connectivity index (χ2n) is 10.7. The van der Waals surface area contributed by atoms with Gasteiger partial charge in [-0.3, -0.25) is 19.2 Å². The van der Waals surface area contributed by atoms with Gasteiger partial charge in [-0.05, 0) is 53.0 Å². The minimum Gasteiger partial charge on any atom is -0.495 e. The lowest BCUT2D eigenvalue weighted by atomic mass is 10.1. The number of likely N-dealkylation sites (tertiary alicyclic amines) is 1. The number of ether oxygens (including phenoxy) is 1. The number of hydrogen-bond acceptors (Lipinski definition) is 9. The monoisotopic (exact) mass is 571 g/mol. The highest BCUT2D eigenvalue weighted by Crippen LogP contribution is 2.33. The Hall–Kier alpha value is -3.84. The van der Waals surface area contributed by atoms with Gasteiger partial charge in [0.05, 0.1) is 47.2 Å². The van der Waals surface area contributed by atoms with Crippen molar-refractivity contribution in [3.8, 4) is 5.75 Å². The van der Waals surface area contributed by atoms with E-state index in [0.29, 0.717) is 24.4 Å². The molecule has 3 N–H and O–H groups in total. The van der Waals surface area contributed by atoms with Gasteiger partial charge in [0.1, 0.15) is 27.8 Å². The summed E-state index contributed by atoms with van der Waals surface area (Å²) in [6.45, 7) is 7.77. The third-order valence-corrected chi connectivity index (χ3v) is 9.12. The molecule has 0 radical (unpaired) electrons. The quantitative estimate of drug-likeness (QED) is 0.392. The summed E-state index contributed by atoms with van der Waals surface area (Å²) in [5.74, 6) is -0.929. The summed E-state index contributed by atoms with van der Waals surface area (Å²) in [6, 6.07) is 3.42. The van der Waals surface area contributed by atoms with Crippen molar-refractivity contribution in [3.63, 3.8) is 0 Å². The van der Waals surface area contributed by atoms with E-state index in [9.17, 15) is 17.6 Å². The van der Waals surface area contributed by atoms with Gasteiger partial charge in [-0.2, -0.15) is 0 Å². The van der Waals surface area contributed by atoms with Gasteiger partial charge in [-0.25, -0.2) is 17.8 Å². The lowest BCUT2D eigenvalue weighted by Gasteiger charge is -2.33. The second kappa shape index (κ2) is 11.0. The third-order valence-electron chi connectivity index (χ3n) is 6.62. The number of aliphatic imine (C=N–C) groups is 1. The van der Waals surface area contributed by atoms with E-state index in [1.54, 1.807) is 27.7 Å². The maximum Gasteiger partial charge on any atom is 0.270 e. The van der Waals surface area contributed by atoms with Crippen LogP contribution in [0.25, 0.3) is 11.3 Å². The number of nitrogens with two attached hydrogens (primary N) is 1. The highest BCUT2D eigenvalue weighted by molar-refractivity contribution is 7.92. The Morgan fingerprint density at radius 1 is 1.32 bits per heavy atom. The number of methoxy groups -OCH3 is 1. The van der Waals surface area contributed by atoms with Crippen molar-refractivity contribution in [2.75, 3.05) is 27.2 Å². The first-order valence-electron chi connectivity index (χ1n) is 12.7. The van der Waals surface area contributed by atoms with Crippen LogP contribution in [0.2, 0.25) is 0 Å². The number of likely N-dealkylation sites (N-methyl/N-ethyl adjacent to an activating group) is 1. The molecule has 1 fully saturated rings. The average Bonchev–Trinajstić information content (AvgIpc) is 3.29. The van der Waals surface area contributed by atoms with E-state index in [-0.39, 0.29) is 33.8 Å². The molecule has 1 saturated heterocycles. The topological polar surface area (TPSA) is 144 Å². The van der Waals surface area contributed by atoms with Gasteiger partial charge >= 0.3 is 0 Å². The SMILES string of the molecule is COc1cc2ncc(/C(N)=C/C(=NC3CN(C)C3)C(=O)N[C@H](C)c3ncccc3F)n2cc1S(=O)(=O)C(C)(C)C. The van der Waals surface area contributed by atoms with Crippen LogP contribution in [0.15, 0.2) is 52.8 Å². The van der Waals surface area contributed by atoms with E-state index in [1.807, 2.05) is 7.05 Å². The van der Waals surface area contributed by atoms with Gasteiger partial charge in [-0.1, -0.05) is 0 Å². The average molecular weight is 572 g/mol. The molecule has 1 aliphatic heterocycles. The van der Waals surface area contributed by atoms with E-state index in [2.05, 4.69) is 25.2 Å². The summed E-state index contributed by atoms with van der Waals surface area (Å²) in [7, 11) is -0.457. The lowest BCUT2D eigenvalue weighted by molar-refractivity contribution is -0.115. The highest BCUT2D eigenvalue weighted by atomic mass is 32.2. The number of nitrogens with one attached hydrogen (secondary N) is 1. The Morgan fingerprint density at radius 2 is 2.02 bits per heavy atom. The third kappa shape index (κ3) is 5.70. The highest BCUT2D eigenvalue weighted by Gasteiger charge is 2.34. The number of fused-ring (bicyclic) bond motifs is 1. The zero-order valence-electron chi connectivity index (χ0n) is 23.3. The predicted molar refractivity (Wildman–Crippen MR) is 150 cm³/mol. The van der Waals surface area contributed by atoms with Crippen molar-refractivity contribution >= 4 is 32.8 Å². The molecule has 3 aromatic rings. The smallest absolute Gasteiger partial charge is 0.270 e. The zero-order chi connectivity index (χ0) is 29.4. The number of pyridine rings is 2. The molecule has 0 bridgehead atoms. The van der Waals surface area contributed by atoms with Crippen molar-refractivity contribution < 1.29 is 22.3 Å². The van der Waals surface area contributed by atoms with Crippen molar-refractivity contribution in [2.45, 2.75) is 49.4 Å². The van der Waals surface area contributed by atoms with Crippen LogP contribution in [0.5, 0.6) is 5.75 Å². The summed E-state index contributed by atoms with van der Waals surface area (Å²) >= 11 is 0. The van der Waals surface area contributed by atoms with Crippen LogP contribution in [-0.4, -0.2) is 77.3 Å². The molecule has 1 atom stereocenters. The maximum atomic E-state index is 14.3. The van der Waals surface area contributed by atoms with E-state index >= 15 is 0 Å². The zero-order valence-corrected chi connectivity index (χ0v) is 24.2. The van der Waals surface area contributed by atoms with Gasteiger partial charge in [0.2, 0.25) is 0 Å². The molecule has 0 aromatic carbocycles. The van der Waals surface area contributed by atoms with Crippen molar-refractivity contribution in [2.24, 2.45) is 10.7 Å². The molecule has 0 spiro atoms. The second-order valence-corrected chi connectivity index (χ2v) is 13.4. The molecule has 4 rings (SSSR count). The molecule has 0 aliphatic carbocycles. The molecular formula is C27H34FN7O4S. The number of halogens is 1. The first-order valence-corrected chi connectivity index (χ1v) is 14.2. The summed E-state index contributed by atoms with van der Waals surface area (Å²) in [5, 5.41) is 2.75. The number of carbonyl (C=O) groups excluding carboxylic acids is 1. The number of nitrogens with zero attached hydrogens (tertiary/aromatic N) is 5. The van der Waals surface area contributed by atoms with Crippen LogP contribution in [0.3, 0.4) is 0 Å². The molecular weight excluding hydrogens is 537 g/mol. The molecule has 214 valence electrons. The fraction of sp³-hybridized carbons (Fsp3) is 0.407. The fourth-order valence-electron chi connectivity index (χ4n) is 4.27. The first kappa shape index (κ1) is 29.2. The molecule has 1 amide bonds. The number of aromatic nitrogens is 3. The number of imidazole rings is 1. The molecule has 3 aromatic heterocycles. The van der Waals surface area contributed by atoms with Gasteiger partial charge < -0.3 is 20.7 Å². The Labute approximate surface area is 232 Å². The van der Waals surface area contributed by atoms with E-state index in [1.165, 1.54) is 54.4 Å². The normalized spacial score (nSPS) is 16.6. The van der Waals surface area contributed by atoms with Crippen molar-refractivity contribution in [1.82, 2.24) is 24.6 Å². The Balaban J connectivity index is 1.74. The van der Waals surface area contributed by atoms with Crippen molar-refractivity contribution in [3.05, 3.63) is 60.1 Å². The predicted octanol–water partition coefficient (Wildman–Crippen LogP) is 2.38. The van der Waals surface area contributed by atoms with E-state index in [0.717, 1.165) is 0 Å². The first-order chi connectivity index (χ1) is 18.7.